The zero-order chi connectivity index (χ0) is 16.5. The van der Waals surface area contributed by atoms with Gasteiger partial charge in [0.2, 0.25) is 11.8 Å². The molecule has 2 rings (SSSR count). The van der Waals surface area contributed by atoms with E-state index in [1.54, 1.807) is 18.0 Å². The number of nitrogens with one attached hydrogen (secondary N) is 1. The van der Waals surface area contributed by atoms with Crippen molar-refractivity contribution in [2.75, 3.05) is 12.4 Å². The molecule has 0 radical (unpaired) electrons. The van der Waals surface area contributed by atoms with E-state index in [2.05, 4.69) is 10.3 Å². The van der Waals surface area contributed by atoms with Gasteiger partial charge in [0, 0.05) is 29.1 Å². The molecule has 6 heteroatoms. The lowest BCUT2D eigenvalue weighted by Gasteiger charge is -2.09. The molecule has 0 fully saturated rings. The highest BCUT2D eigenvalue weighted by Crippen LogP contribution is 2.16. The third-order valence-electron chi connectivity index (χ3n) is 3.02. The number of carbonyl (C=O) groups is 1. The Morgan fingerprint density at radius 1 is 1.30 bits per heavy atom. The molecule has 23 heavy (non-hydrogen) atoms. The van der Waals surface area contributed by atoms with E-state index in [0.29, 0.717) is 24.8 Å². The number of pyridine rings is 1. The molecule has 1 heterocycles. The molecule has 2 aromatic rings. The average molecular weight is 351 g/mol. The van der Waals surface area contributed by atoms with Crippen LogP contribution in [0.5, 0.6) is 5.88 Å². The highest BCUT2D eigenvalue weighted by molar-refractivity contribution is 7.99. The van der Waals surface area contributed by atoms with Crippen LogP contribution in [0.1, 0.15) is 18.1 Å². The predicted octanol–water partition coefficient (Wildman–Crippen LogP) is 3.68. The Morgan fingerprint density at radius 2 is 2.09 bits per heavy atom. The second kappa shape index (κ2) is 9.43. The first-order chi connectivity index (χ1) is 11.2. The first kappa shape index (κ1) is 17.6. The van der Waals surface area contributed by atoms with E-state index >= 15 is 0 Å². The van der Waals surface area contributed by atoms with Crippen LogP contribution in [-0.4, -0.2) is 23.3 Å². The topological polar surface area (TPSA) is 51.2 Å². The minimum atomic E-state index is -0.00438. The zero-order valence-corrected chi connectivity index (χ0v) is 14.5. The van der Waals surface area contributed by atoms with Crippen LogP contribution in [-0.2, 0) is 17.1 Å². The summed E-state index contributed by atoms with van der Waals surface area (Å²) in [6.07, 6.45) is 1.68. The van der Waals surface area contributed by atoms with Crippen molar-refractivity contribution in [2.45, 2.75) is 19.2 Å². The maximum Gasteiger partial charge on any atom is 0.230 e. The molecule has 1 aromatic heterocycles. The van der Waals surface area contributed by atoms with Gasteiger partial charge in [0.05, 0.1) is 12.4 Å². The van der Waals surface area contributed by atoms with Crippen LogP contribution >= 0.6 is 23.4 Å². The molecule has 1 amide bonds. The number of ether oxygens (including phenoxy) is 1. The average Bonchev–Trinajstić information content (AvgIpc) is 2.56. The van der Waals surface area contributed by atoms with Crippen LogP contribution in [0.3, 0.4) is 0 Å². The van der Waals surface area contributed by atoms with Crippen molar-refractivity contribution in [3.05, 3.63) is 58.7 Å². The smallest absolute Gasteiger partial charge is 0.230 e. The minimum Gasteiger partial charge on any atom is -0.478 e. The van der Waals surface area contributed by atoms with Crippen molar-refractivity contribution in [2.24, 2.45) is 0 Å². The van der Waals surface area contributed by atoms with Gasteiger partial charge in [0.25, 0.3) is 0 Å². The minimum absolute atomic E-state index is 0.00438. The monoisotopic (exact) mass is 350 g/mol. The lowest BCUT2D eigenvalue weighted by Crippen LogP contribution is -2.25. The number of hydrogen-bond donors (Lipinski definition) is 1. The summed E-state index contributed by atoms with van der Waals surface area (Å²) >= 11 is 7.41. The van der Waals surface area contributed by atoms with E-state index in [1.165, 1.54) is 0 Å². The molecule has 0 spiro atoms. The van der Waals surface area contributed by atoms with E-state index in [0.717, 1.165) is 21.9 Å². The fourth-order valence-electron chi connectivity index (χ4n) is 1.91. The van der Waals surface area contributed by atoms with Crippen molar-refractivity contribution in [1.82, 2.24) is 10.3 Å². The van der Waals surface area contributed by atoms with E-state index < -0.39 is 0 Å². The molecule has 0 atom stereocenters. The van der Waals surface area contributed by atoms with E-state index in [9.17, 15) is 4.79 Å². The molecular weight excluding hydrogens is 332 g/mol. The number of nitrogens with zero attached hydrogens (tertiary/aromatic N) is 1. The van der Waals surface area contributed by atoms with Crippen LogP contribution < -0.4 is 10.1 Å². The second-order valence-corrected chi connectivity index (χ2v) is 6.22. The van der Waals surface area contributed by atoms with Crippen LogP contribution in [0.4, 0.5) is 0 Å². The van der Waals surface area contributed by atoms with Gasteiger partial charge in [-0.2, -0.15) is 0 Å². The molecular formula is C17H19ClN2O2S. The van der Waals surface area contributed by atoms with Crippen LogP contribution in [0.2, 0.25) is 5.02 Å². The summed E-state index contributed by atoms with van der Waals surface area (Å²) in [5.41, 5.74) is 2.03. The van der Waals surface area contributed by atoms with Gasteiger partial charge in [-0.1, -0.05) is 29.8 Å². The summed E-state index contributed by atoms with van der Waals surface area (Å²) in [6.45, 7) is 2.88. The van der Waals surface area contributed by atoms with Gasteiger partial charge in [-0.15, -0.1) is 11.8 Å². The quantitative estimate of drug-likeness (QED) is 0.789. The Hall–Kier alpha value is -1.72. The Morgan fingerprint density at radius 3 is 2.83 bits per heavy atom. The first-order valence-electron chi connectivity index (χ1n) is 7.34. The summed E-state index contributed by atoms with van der Waals surface area (Å²) in [4.78, 5) is 16.1. The summed E-state index contributed by atoms with van der Waals surface area (Å²) in [7, 11) is 0. The van der Waals surface area contributed by atoms with Crippen LogP contribution in [0, 0.1) is 0 Å². The zero-order valence-electron chi connectivity index (χ0n) is 12.9. The normalized spacial score (nSPS) is 10.3. The fraction of sp³-hybridized carbons (Fsp3) is 0.294. The lowest BCUT2D eigenvalue weighted by atomic mass is 10.2. The van der Waals surface area contributed by atoms with Gasteiger partial charge in [0.15, 0.2) is 0 Å². The molecule has 4 nitrogen and oxygen atoms in total. The van der Waals surface area contributed by atoms with Crippen LogP contribution in [0.15, 0.2) is 42.6 Å². The molecule has 0 bridgehead atoms. The van der Waals surface area contributed by atoms with Crippen LogP contribution in [0.25, 0.3) is 0 Å². The summed E-state index contributed by atoms with van der Waals surface area (Å²) in [5, 5.41) is 3.61. The van der Waals surface area contributed by atoms with Crippen molar-refractivity contribution >= 4 is 29.3 Å². The number of aromatic nitrogens is 1. The van der Waals surface area contributed by atoms with Crippen molar-refractivity contribution in [1.29, 1.82) is 0 Å². The summed E-state index contributed by atoms with van der Waals surface area (Å²) in [5.74, 6) is 1.76. The van der Waals surface area contributed by atoms with Gasteiger partial charge in [-0.3, -0.25) is 4.79 Å². The molecule has 0 unspecified atom stereocenters. The Balaban J connectivity index is 1.74. The third kappa shape index (κ3) is 6.12. The molecule has 0 aliphatic heterocycles. The van der Waals surface area contributed by atoms with E-state index in [1.807, 2.05) is 43.3 Å². The number of hydrogen-bond acceptors (Lipinski definition) is 4. The van der Waals surface area contributed by atoms with Gasteiger partial charge < -0.3 is 10.1 Å². The third-order valence-corrected chi connectivity index (χ3v) is 4.28. The highest BCUT2D eigenvalue weighted by Gasteiger charge is 2.07. The second-order valence-electron chi connectivity index (χ2n) is 4.80. The Bertz CT molecular complexity index is 635. The molecule has 1 N–H and O–H groups in total. The Kier molecular flexibility index (Phi) is 7.23. The molecule has 122 valence electrons. The number of carbonyl (C=O) groups excluding carboxylic acids is 1. The highest BCUT2D eigenvalue weighted by atomic mass is 35.5. The van der Waals surface area contributed by atoms with Crippen molar-refractivity contribution in [3.8, 4) is 5.88 Å². The van der Waals surface area contributed by atoms with Gasteiger partial charge in [-0.25, -0.2) is 4.98 Å². The summed E-state index contributed by atoms with van der Waals surface area (Å²) < 4.78 is 5.44. The lowest BCUT2D eigenvalue weighted by molar-refractivity contribution is -0.118. The van der Waals surface area contributed by atoms with Crippen molar-refractivity contribution < 1.29 is 9.53 Å². The number of thioether (sulfide) groups is 1. The predicted molar refractivity (Wildman–Crippen MR) is 94.9 cm³/mol. The first-order valence-corrected chi connectivity index (χ1v) is 8.88. The molecule has 1 aromatic carbocycles. The number of benzene rings is 1. The molecule has 0 aliphatic rings. The number of rotatable bonds is 8. The molecule has 0 saturated carbocycles. The summed E-state index contributed by atoms with van der Waals surface area (Å²) in [6, 6.07) is 11.4. The largest absolute Gasteiger partial charge is 0.478 e. The molecule has 0 aliphatic carbocycles. The van der Waals surface area contributed by atoms with Gasteiger partial charge in [-0.05, 0) is 30.7 Å². The standard InChI is InChI=1S/C17H19ClN2O2S/c1-2-22-17-14(4-3-9-19-17)10-20-16(21)12-23-11-13-5-7-15(18)8-6-13/h3-9H,2,10-12H2,1H3,(H,20,21). The maximum atomic E-state index is 11.9. The van der Waals surface area contributed by atoms with Gasteiger partial charge in [0.1, 0.15) is 0 Å². The van der Waals surface area contributed by atoms with E-state index in [-0.39, 0.29) is 5.91 Å². The number of amides is 1. The maximum absolute atomic E-state index is 11.9. The van der Waals surface area contributed by atoms with Gasteiger partial charge >= 0.3 is 0 Å². The Labute approximate surface area is 145 Å². The molecule has 0 saturated heterocycles. The SMILES string of the molecule is CCOc1ncccc1CNC(=O)CSCc1ccc(Cl)cc1. The van der Waals surface area contributed by atoms with E-state index in [4.69, 9.17) is 16.3 Å². The fourth-order valence-corrected chi connectivity index (χ4v) is 2.86. The number of halogens is 1. The van der Waals surface area contributed by atoms with Crippen molar-refractivity contribution in [3.63, 3.8) is 0 Å².